The molecule has 0 spiro atoms. The van der Waals surface area contributed by atoms with Crippen molar-refractivity contribution in [2.24, 2.45) is 0 Å². The minimum Gasteiger partial charge on any atom is -0.373 e. The summed E-state index contributed by atoms with van der Waals surface area (Å²) >= 11 is 0. The summed E-state index contributed by atoms with van der Waals surface area (Å²) in [6.07, 6.45) is 3.07. The number of carbonyl (C=O) groups is 1. The first kappa shape index (κ1) is 24.7. The molecule has 0 fully saturated rings. The van der Waals surface area contributed by atoms with E-state index in [1.807, 2.05) is 48.7 Å². The first-order chi connectivity index (χ1) is 17.4. The van der Waals surface area contributed by atoms with E-state index in [-0.39, 0.29) is 5.91 Å². The molecule has 0 bridgehead atoms. The predicted octanol–water partition coefficient (Wildman–Crippen LogP) is 4.96. The van der Waals surface area contributed by atoms with Crippen molar-refractivity contribution >= 4 is 51.5 Å². The second kappa shape index (κ2) is 11.4. The van der Waals surface area contributed by atoms with Gasteiger partial charge < -0.3 is 30.7 Å². The predicted molar refractivity (Wildman–Crippen MR) is 149 cm³/mol. The van der Waals surface area contributed by atoms with Crippen molar-refractivity contribution in [3.05, 3.63) is 73.4 Å². The summed E-state index contributed by atoms with van der Waals surface area (Å²) in [4.78, 5) is 28.5. The van der Waals surface area contributed by atoms with Crippen LogP contribution in [0.15, 0.2) is 73.4 Å². The highest BCUT2D eigenvalue weighted by Gasteiger charge is 2.10. The highest BCUT2D eigenvalue weighted by Crippen LogP contribution is 2.27. The molecule has 4 aromatic rings. The van der Waals surface area contributed by atoms with Crippen molar-refractivity contribution in [3.8, 4) is 0 Å². The molecule has 2 aromatic carbocycles. The Kier molecular flexibility index (Phi) is 7.82. The molecule has 4 rings (SSSR count). The number of carbonyl (C=O) groups excluding carboxylic acids is 1. The number of aromatic amines is 1. The van der Waals surface area contributed by atoms with Crippen molar-refractivity contribution in [1.82, 2.24) is 19.9 Å². The standard InChI is InChI=1S/C27H32N8O/c1-5-24(36)29-19-7-9-20(10-8-19)30-26-23-15-16-28-25(23)32-27(33-26)31-21-11-13-22(14-12-21)35(4)18-17-34(3)6-2/h5,7-16H,1,6,17-18H2,2-4H3,(H,29,36)(H3,28,30,31,32,33). The first-order valence-corrected chi connectivity index (χ1v) is 11.9. The number of fused-ring (bicyclic) bond motifs is 1. The van der Waals surface area contributed by atoms with Gasteiger partial charge in [0.25, 0.3) is 0 Å². The van der Waals surface area contributed by atoms with Crippen LogP contribution in [0.3, 0.4) is 0 Å². The third-order valence-corrected chi connectivity index (χ3v) is 5.94. The molecule has 0 aliphatic heterocycles. The van der Waals surface area contributed by atoms with Crippen molar-refractivity contribution in [1.29, 1.82) is 0 Å². The van der Waals surface area contributed by atoms with Gasteiger partial charge in [0.1, 0.15) is 11.5 Å². The number of nitrogens with zero attached hydrogens (tertiary/aromatic N) is 4. The molecule has 0 saturated carbocycles. The van der Waals surface area contributed by atoms with Gasteiger partial charge in [0.05, 0.1) is 5.39 Å². The Morgan fingerprint density at radius 2 is 1.61 bits per heavy atom. The van der Waals surface area contributed by atoms with E-state index in [1.54, 1.807) is 0 Å². The zero-order valence-corrected chi connectivity index (χ0v) is 20.9. The molecule has 0 unspecified atom stereocenters. The number of hydrogen-bond donors (Lipinski definition) is 4. The fraction of sp³-hybridized carbons (Fsp3) is 0.222. The third kappa shape index (κ3) is 6.19. The quantitative estimate of drug-likeness (QED) is 0.223. The van der Waals surface area contributed by atoms with E-state index in [0.29, 0.717) is 17.5 Å². The van der Waals surface area contributed by atoms with Gasteiger partial charge in [-0.1, -0.05) is 13.5 Å². The largest absolute Gasteiger partial charge is 0.373 e. The number of benzene rings is 2. The highest BCUT2D eigenvalue weighted by atomic mass is 16.1. The van der Waals surface area contributed by atoms with Gasteiger partial charge in [0.2, 0.25) is 11.9 Å². The second-order valence-electron chi connectivity index (χ2n) is 8.52. The van der Waals surface area contributed by atoms with Crippen LogP contribution < -0.4 is 20.9 Å². The zero-order chi connectivity index (χ0) is 25.5. The molecular weight excluding hydrogens is 452 g/mol. The number of rotatable bonds is 11. The molecule has 0 atom stereocenters. The third-order valence-electron chi connectivity index (χ3n) is 5.94. The zero-order valence-electron chi connectivity index (χ0n) is 20.9. The Labute approximate surface area is 211 Å². The smallest absolute Gasteiger partial charge is 0.247 e. The van der Waals surface area contributed by atoms with Crippen molar-refractivity contribution < 1.29 is 4.79 Å². The van der Waals surface area contributed by atoms with Crippen LogP contribution >= 0.6 is 0 Å². The van der Waals surface area contributed by atoms with E-state index < -0.39 is 0 Å². The lowest BCUT2D eigenvalue weighted by Crippen LogP contribution is -2.30. The van der Waals surface area contributed by atoms with Crippen LogP contribution in [0.25, 0.3) is 11.0 Å². The number of likely N-dealkylation sites (N-methyl/N-ethyl adjacent to an activating group) is 2. The summed E-state index contributed by atoms with van der Waals surface area (Å²) in [5.41, 5.74) is 4.30. The molecule has 2 heterocycles. The van der Waals surface area contributed by atoms with Crippen LogP contribution in [0, 0.1) is 0 Å². The summed E-state index contributed by atoms with van der Waals surface area (Å²) in [6, 6.07) is 17.6. The lowest BCUT2D eigenvalue weighted by Gasteiger charge is -2.23. The van der Waals surface area contributed by atoms with E-state index in [4.69, 9.17) is 4.98 Å². The number of H-pyrrole nitrogens is 1. The SMILES string of the molecule is C=CC(=O)Nc1ccc(Nc2nc(Nc3ccc(N(C)CCN(C)CC)cc3)nc3[nH]ccc23)cc1. The van der Waals surface area contributed by atoms with Crippen molar-refractivity contribution in [3.63, 3.8) is 0 Å². The number of aromatic nitrogens is 3. The Morgan fingerprint density at radius 3 is 2.31 bits per heavy atom. The van der Waals surface area contributed by atoms with Gasteiger partial charge in [-0.3, -0.25) is 4.79 Å². The molecule has 4 N–H and O–H groups in total. The summed E-state index contributed by atoms with van der Waals surface area (Å²) < 4.78 is 0. The average Bonchev–Trinajstić information content (AvgIpc) is 3.37. The second-order valence-corrected chi connectivity index (χ2v) is 8.52. The molecule has 0 aliphatic carbocycles. The minimum absolute atomic E-state index is 0.250. The molecule has 36 heavy (non-hydrogen) atoms. The molecule has 9 nitrogen and oxygen atoms in total. The molecule has 0 radical (unpaired) electrons. The van der Waals surface area contributed by atoms with Crippen LogP contribution in [0.2, 0.25) is 0 Å². The number of hydrogen-bond acceptors (Lipinski definition) is 7. The maximum absolute atomic E-state index is 11.5. The van der Waals surface area contributed by atoms with E-state index in [1.165, 1.54) is 6.08 Å². The monoisotopic (exact) mass is 484 g/mol. The van der Waals surface area contributed by atoms with E-state index >= 15 is 0 Å². The van der Waals surface area contributed by atoms with Crippen LogP contribution in [0.1, 0.15) is 6.92 Å². The van der Waals surface area contributed by atoms with Crippen molar-refractivity contribution in [2.75, 3.05) is 54.6 Å². The van der Waals surface area contributed by atoms with Crippen LogP contribution in [0.5, 0.6) is 0 Å². The van der Waals surface area contributed by atoms with Gasteiger partial charge in [-0.05, 0) is 74.3 Å². The lowest BCUT2D eigenvalue weighted by molar-refractivity contribution is -0.111. The van der Waals surface area contributed by atoms with Gasteiger partial charge in [-0.15, -0.1) is 0 Å². The van der Waals surface area contributed by atoms with Gasteiger partial charge in [0, 0.05) is 49.1 Å². The first-order valence-electron chi connectivity index (χ1n) is 11.9. The molecule has 9 heteroatoms. The number of nitrogens with one attached hydrogen (secondary N) is 4. The molecule has 0 aliphatic rings. The van der Waals surface area contributed by atoms with Gasteiger partial charge in [0.15, 0.2) is 0 Å². The van der Waals surface area contributed by atoms with Gasteiger partial charge in [-0.2, -0.15) is 9.97 Å². The Bertz CT molecular complexity index is 1310. The van der Waals surface area contributed by atoms with E-state index in [2.05, 4.69) is 75.4 Å². The summed E-state index contributed by atoms with van der Waals surface area (Å²) in [5, 5.41) is 10.3. The summed E-state index contributed by atoms with van der Waals surface area (Å²) in [7, 11) is 4.23. The maximum Gasteiger partial charge on any atom is 0.247 e. The minimum atomic E-state index is -0.250. The fourth-order valence-corrected chi connectivity index (χ4v) is 3.60. The number of anilines is 6. The Hall–Kier alpha value is -4.37. The van der Waals surface area contributed by atoms with E-state index in [0.717, 1.165) is 47.7 Å². The number of amides is 1. The maximum atomic E-state index is 11.5. The van der Waals surface area contributed by atoms with Crippen LogP contribution in [0.4, 0.5) is 34.5 Å². The summed E-state index contributed by atoms with van der Waals surface area (Å²) in [5.74, 6) is 0.899. The Morgan fingerprint density at radius 1 is 0.944 bits per heavy atom. The van der Waals surface area contributed by atoms with Crippen molar-refractivity contribution in [2.45, 2.75) is 6.92 Å². The molecular formula is C27H32N8O. The molecule has 186 valence electrons. The molecule has 1 amide bonds. The average molecular weight is 485 g/mol. The summed E-state index contributed by atoms with van der Waals surface area (Å²) in [6.45, 7) is 8.64. The van der Waals surface area contributed by atoms with Gasteiger partial charge >= 0.3 is 0 Å². The van der Waals surface area contributed by atoms with E-state index in [9.17, 15) is 4.79 Å². The van der Waals surface area contributed by atoms with Crippen LogP contribution in [-0.2, 0) is 4.79 Å². The van der Waals surface area contributed by atoms with Crippen LogP contribution in [-0.4, -0.2) is 59.5 Å². The Balaban J connectivity index is 1.47. The molecule has 2 aromatic heterocycles. The fourth-order valence-electron chi connectivity index (χ4n) is 3.60. The lowest BCUT2D eigenvalue weighted by atomic mass is 10.2. The normalized spacial score (nSPS) is 10.9. The molecule has 0 saturated heterocycles. The highest BCUT2D eigenvalue weighted by molar-refractivity contribution is 5.99. The van der Waals surface area contributed by atoms with Gasteiger partial charge in [-0.25, -0.2) is 0 Å². The topological polar surface area (TPSA) is 101 Å².